The Balaban J connectivity index is 3.20. The minimum absolute atomic E-state index is 0.0562. The molecule has 0 saturated heterocycles. The van der Waals surface area contributed by atoms with Gasteiger partial charge in [0.1, 0.15) is 11.6 Å². The quantitative estimate of drug-likeness (QED) is 0.738. The molecule has 1 rings (SSSR count). The van der Waals surface area contributed by atoms with Gasteiger partial charge in [-0.15, -0.1) is 0 Å². The standard InChI is InChI=1S/C8H10BrFN2O/c9-6-2-4(10)1-5(8(6)13)7(12)3-11/h1-2,7,13H,3,11-12H2/t7-/m0/s1. The highest BCUT2D eigenvalue weighted by Crippen LogP contribution is 2.31. The first-order valence-electron chi connectivity index (χ1n) is 3.69. The molecular formula is C8H10BrFN2O. The lowest BCUT2D eigenvalue weighted by molar-refractivity contribution is 0.455. The SMILES string of the molecule is NC[C@H](N)c1cc(F)cc(Br)c1O. The van der Waals surface area contributed by atoms with Crippen LogP contribution in [0.15, 0.2) is 16.6 Å². The molecule has 0 amide bonds. The minimum Gasteiger partial charge on any atom is -0.506 e. The number of hydrogen-bond acceptors (Lipinski definition) is 3. The van der Waals surface area contributed by atoms with Crippen LogP contribution in [0.2, 0.25) is 0 Å². The topological polar surface area (TPSA) is 72.3 Å². The molecule has 0 spiro atoms. The van der Waals surface area contributed by atoms with Crippen LogP contribution < -0.4 is 11.5 Å². The fraction of sp³-hybridized carbons (Fsp3) is 0.250. The fourth-order valence-corrected chi connectivity index (χ4v) is 1.44. The van der Waals surface area contributed by atoms with Crippen molar-refractivity contribution >= 4 is 15.9 Å². The summed E-state index contributed by atoms with van der Waals surface area (Å²) in [6, 6.07) is 1.80. The van der Waals surface area contributed by atoms with Crippen molar-refractivity contribution in [1.82, 2.24) is 0 Å². The van der Waals surface area contributed by atoms with E-state index in [9.17, 15) is 9.50 Å². The Morgan fingerprint density at radius 3 is 2.69 bits per heavy atom. The number of halogens is 2. The van der Waals surface area contributed by atoms with Gasteiger partial charge in [-0.25, -0.2) is 4.39 Å². The van der Waals surface area contributed by atoms with Crippen molar-refractivity contribution in [3.05, 3.63) is 28.0 Å². The Kier molecular flexibility index (Phi) is 3.24. The maximum atomic E-state index is 12.9. The van der Waals surface area contributed by atoms with Gasteiger partial charge in [0.25, 0.3) is 0 Å². The molecule has 0 heterocycles. The lowest BCUT2D eigenvalue weighted by Gasteiger charge is -2.12. The van der Waals surface area contributed by atoms with Gasteiger partial charge in [0.15, 0.2) is 0 Å². The first-order chi connectivity index (χ1) is 6.06. The second-order valence-corrected chi connectivity index (χ2v) is 3.52. The van der Waals surface area contributed by atoms with E-state index in [2.05, 4.69) is 15.9 Å². The lowest BCUT2D eigenvalue weighted by atomic mass is 10.1. The zero-order valence-corrected chi connectivity index (χ0v) is 8.38. The third-order valence-corrected chi connectivity index (χ3v) is 2.32. The van der Waals surface area contributed by atoms with Crippen LogP contribution in [0.25, 0.3) is 0 Å². The number of hydrogen-bond donors (Lipinski definition) is 3. The van der Waals surface area contributed by atoms with Gasteiger partial charge in [-0.05, 0) is 28.1 Å². The van der Waals surface area contributed by atoms with Crippen molar-refractivity contribution in [3.63, 3.8) is 0 Å². The first kappa shape index (κ1) is 10.4. The van der Waals surface area contributed by atoms with Gasteiger partial charge in [0.2, 0.25) is 0 Å². The van der Waals surface area contributed by atoms with Gasteiger partial charge >= 0.3 is 0 Å². The zero-order valence-electron chi connectivity index (χ0n) is 6.80. The summed E-state index contributed by atoms with van der Waals surface area (Å²) in [4.78, 5) is 0. The van der Waals surface area contributed by atoms with Crippen molar-refractivity contribution < 1.29 is 9.50 Å². The van der Waals surface area contributed by atoms with E-state index in [0.717, 1.165) is 0 Å². The van der Waals surface area contributed by atoms with Gasteiger partial charge < -0.3 is 16.6 Å². The zero-order chi connectivity index (χ0) is 10.0. The highest BCUT2D eigenvalue weighted by molar-refractivity contribution is 9.10. The van der Waals surface area contributed by atoms with Crippen LogP contribution >= 0.6 is 15.9 Å². The summed E-state index contributed by atoms with van der Waals surface area (Å²) in [5.74, 6) is -0.511. The van der Waals surface area contributed by atoms with Gasteiger partial charge in [0.05, 0.1) is 4.47 Å². The smallest absolute Gasteiger partial charge is 0.134 e. The number of rotatable bonds is 2. The molecule has 1 aromatic carbocycles. The van der Waals surface area contributed by atoms with Crippen molar-refractivity contribution in [2.24, 2.45) is 11.5 Å². The Morgan fingerprint density at radius 2 is 2.15 bits per heavy atom. The van der Waals surface area contributed by atoms with Gasteiger partial charge in [-0.1, -0.05) is 0 Å². The van der Waals surface area contributed by atoms with Crippen LogP contribution in [0.1, 0.15) is 11.6 Å². The van der Waals surface area contributed by atoms with E-state index >= 15 is 0 Å². The molecule has 5 N–H and O–H groups in total. The third kappa shape index (κ3) is 2.18. The average molecular weight is 249 g/mol. The lowest BCUT2D eigenvalue weighted by Crippen LogP contribution is -2.21. The van der Waals surface area contributed by atoms with Crippen LogP contribution in [0, 0.1) is 5.82 Å². The van der Waals surface area contributed by atoms with Crippen LogP contribution in [0.5, 0.6) is 5.75 Å². The number of aromatic hydroxyl groups is 1. The molecule has 0 unspecified atom stereocenters. The Labute approximate surface area is 83.7 Å². The average Bonchev–Trinajstić information content (AvgIpc) is 2.10. The number of phenolic OH excluding ortho intramolecular Hbond substituents is 1. The molecule has 3 nitrogen and oxygen atoms in total. The summed E-state index contributed by atoms with van der Waals surface area (Å²) < 4.78 is 13.2. The van der Waals surface area contributed by atoms with Gasteiger partial charge in [-0.3, -0.25) is 0 Å². The predicted molar refractivity (Wildman–Crippen MR) is 51.7 cm³/mol. The van der Waals surface area contributed by atoms with E-state index in [1.54, 1.807) is 0 Å². The fourth-order valence-electron chi connectivity index (χ4n) is 0.996. The molecule has 1 aromatic rings. The maximum absolute atomic E-state index is 12.9. The second-order valence-electron chi connectivity index (χ2n) is 2.67. The molecule has 0 aliphatic rings. The summed E-state index contributed by atoms with van der Waals surface area (Å²) in [7, 11) is 0. The Bertz CT molecular complexity index is 319. The van der Waals surface area contributed by atoms with E-state index in [1.165, 1.54) is 12.1 Å². The predicted octanol–water partition coefficient (Wildman–Crippen LogP) is 1.25. The summed E-state index contributed by atoms with van der Waals surface area (Å²) in [6.07, 6.45) is 0. The maximum Gasteiger partial charge on any atom is 0.134 e. The number of phenols is 1. The van der Waals surface area contributed by atoms with Crippen LogP contribution in [0.4, 0.5) is 4.39 Å². The van der Waals surface area contributed by atoms with Crippen molar-refractivity contribution in [1.29, 1.82) is 0 Å². The molecule has 1 atom stereocenters. The molecule has 5 heteroatoms. The highest BCUT2D eigenvalue weighted by Gasteiger charge is 2.13. The summed E-state index contributed by atoms with van der Waals surface area (Å²) in [5.41, 5.74) is 11.2. The van der Waals surface area contributed by atoms with E-state index in [1.807, 2.05) is 0 Å². The van der Waals surface area contributed by atoms with Crippen molar-refractivity contribution in [2.75, 3.05) is 6.54 Å². The molecule has 0 aliphatic heterocycles. The first-order valence-corrected chi connectivity index (χ1v) is 4.49. The van der Waals surface area contributed by atoms with Crippen LogP contribution in [-0.2, 0) is 0 Å². The Morgan fingerprint density at radius 1 is 1.54 bits per heavy atom. The largest absolute Gasteiger partial charge is 0.506 e. The summed E-state index contributed by atoms with van der Waals surface area (Å²) in [5, 5.41) is 9.47. The van der Waals surface area contributed by atoms with E-state index in [0.29, 0.717) is 5.56 Å². The van der Waals surface area contributed by atoms with Gasteiger partial charge in [-0.2, -0.15) is 0 Å². The van der Waals surface area contributed by atoms with Crippen molar-refractivity contribution in [3.8, 4) is 5.75 Å². The van der Waals surface area contributed by atoms with Crippen LogP contribution in [-0.4, -0.2) is 11.7 Å². The monoisotopic (exact) mass is 248 g/mol. The number of nitrogens with two attached hydrogens (primary N) is 2. The van der Waals surface area contributed by atoms with Gasteiger partial charge in [0, 0.05) is 18.2 Å². The molecule has 0 aromatic heterocycles. The van der Waals surface area contributed by atoms with Crippen LogP contribution in [0.3, 0.4) is 0 Å². The summed E-state index contributed by atoms with van der Waals surface area (Å²) >= 11 is 3.01. The molecule has 0 fully saturated rings. The molecule has 13 heavy (non-hydrogen) atoms. The number of benzene rings is 1. The normalized spacial score (nSPS) is 12.9. The minimum atomic E-state index is -0.549. The third-order valence-electron chi connectivity index (χ3n) is 1.71. The summed E-state index contributed by atoms with van der Waals surface area (Å²) in [6.45, 7) is 0.156. The molecule has 72 valence electrons. The second kappa shape index (κ2) is 4.04. The molecule has 0 radical (unpaired) electrons. The molecule has 0 saturated carbocycles. The van der Waals surface area contributed by atoms with E-state index in [-0.39, 0.29) is 16.8 Å². The highest BCUT2D eigenvalue weighted by atomic mass is 79.9. The Hall–Kier alpha value is -0.650. The molecule has 0 bridgehead atoms. The van der Waals surface area contributed by atoms with E-state index < -0.39 is 11.9 Å². The van der Waals surface area contributed by atoms with Crippen molar-refractivity contribution in [2.45, 2.75) is 6.04 Å². The molecular weight excluding hydrogens is 239 g/mol. The molecule has 0 aliphatic carbocycles. The van der Waals surface area contributed by atoms with E-state index in [4.69, 9.17) is 11.5 Å².